The van der Waals surface area contributed by atoms with Crippen molar-refractivity contribution in [3.63, 3.8) is 0 Å². The average Bonchev–Trinajstić information content (AvgIpc) is 2.40. The number of carbonyl (C=O) groups excluding carboxylic acids is 1. The quantitative estimate of drug-likeness (QED) is 0.821. The molecule has 18 heavy (non-hydrogen) atoms. The number of anilines is 2. The summed E-state index contributed by atoms with van der Waals surface area (Å²) < 4.78 is 0. The summed E-state index contributed by atoms with van der Waals surface area (Å²) in [5.74, 6) is 0.630. The van der Waals surface area contributed by atoms with Crippen LogP contribution in [0.2, 0.25) is 0 Å². The molecule has 0 atom stereocenters. The number of hydrogen-bond donors (Lipinski definition) is 2. The molecule has 3 nitrogen and oxygen atoms in total. The molecule has 1 aliphatic carbocycles. The molecule has 0 aliphatic heterocycles. The molecular weight excluding hydrogens is 244 g/mol. The molecule has 0 aromatic heterocycles. The van der Waals surface area contributed by atoms with Crippen molar-refractivity contribution in [2.45, 2.75) is 37.4 Å². The van der Waals surface area contributed by atoms with Crippen LogP contribution in [0.5, 0.6) is 0 Å². The van der Waals surface area contributed by atoms with E-state index in [-0.39, 0.29) is 5.91 Å². The van der Waals surface area contributed by atoms with Gasteiger partial charge >= 0.3 is 0 Å². The van der Waals surface area contributed by atoms with Crippen LogP contribution < -0.4 is 11.1 Å². The number of carbonyl (C=O) groups is 1. The molecule has 1 aliphatic rings. The maximum atomic E-state index is 11.8. The lowest BCUT2D eigenvalue weighted by atomic mass is 10.0. The summed E-state index contributed by atoms with van der Waals surface area (Å²) in [6.45, 7) is 0. The molecule has 0 radical (unpaired) electrons. The maximum absolute atomic E-state index is 11.8. The number of hydrogen-bond acceptors (Lipinski definition) is 3. The van der Waals surface area contributed by atoms with Gasteiger partial charge in [-0.3, -0.25) is 4.79 Å². The van der Waals surface area contributed by atoms with Gasteiger partial charge in [-0.05, 0) is 37.1 Å². The van der Waals surface area contributed by atoms with Crippen LogP contribution in [-0.2, 0) is 4.79 Å². The second-order valence-electron chi connectivity index (χ2n) is 4.74. The number of nitrogens with two attached hydrogens (primary N) is 1. The second kappa shape index (κ2) is 6.69. The molecule has 4 heteroatoms. The van der Waals surface area contributed by atoms with Gasteiger partial charge in [0.05, 0.1) is 5.75 Å². The zero-order chi connectivity index (χ0) is 12.8. The van der Waals surface area contributed by atoms with Crippen LogP contribution >= 0.6 is 11.8 Å². The van der Waals surface area contributed by atoms with Crippen LogP contribution in [0.1, 0.15) is 32.1 Å². The molecule has 1 saturated carbocycles. The van der Waals surface area contributed by atoms with Gasteiger partial charge in [-0.2, -0.15) is 0 Å². The van der Waals surface area contributed by atoms with E-state index in [2.05, 4.69) is 5.32 Å². The Morgan fingerprint density at radius 2 is 1.89 bits per heavy atom. The average molecular weight is 264 g/mol. The normalized spacial score (nSPS) is 16.4. The number of thioether (sulfide) groups is 1. The van der Waals surface area contributed by atoms with Crippen LogP contribution in [-0.4, -0.2) is 16.9 Å². The van der Waals surface area contributed by atoms with Crippen molar-refractivity contribution in [2.75, 3.05) is 16.8 Å². The zero-order valence-electron chi connectivity index (χ0n) is 10.5. The first kappa shape index (κ1) is 13.3. The zero-order valence-corrected chi connectivity index (χ0v) is 11.3. The second-order valence-corrected chi connectivity index (χ2v) is 6.03. The van der Waals surface area contributed by atoms with Crippen LogP contribution in [0, 0.1) is 0 Å². The highest BCUT2D eigenvalue weighted by Crippen LogP contribution is 2.28. The third-order valence-electron chi connectivity index (χ3n) is 3.20. The Bertz CT molecular complexity index is 385. The van der Waals surface area contributed by atoms with Crippen LogP contribution in [0.4, 0.5) is 11.4 Å². The molecule has 0 unspecified atom stereocenters. The Labute approximate surface area is 113 Å². The minimum atomic E-state index is 0.0790. The van der Waals surface area contributed by atoms with E-state index in [0.29, 0.717) is 16.7 Å². The highest BCUT2D eigenvalue weighted by Gasteiger charge is 2.15. The van der Waals surface area contributed by atoms with Crippen LogP contribution in [0.3, 0.4) is 0 Å². The topological polar surface area (TPSA) is 55.1 Å². The molecule has 1 amide bonds. The summed E-state index contributed by atoms with van der Waals surface area (Å²) >= 11 is 1.79. The lowest BCUT2D eigenvalue weighted by Gasteiger charge is -2.20. The first-order chi connectivity index (χ1) is 8.74. The Balaban J connectivity index is 1.73. The number of nitrogens with one attached hydrogen (secondary N) is 1. The molecule has 1 fully saturated rings. The fraction of sp³-hybridized carbons (Fsp3) is 0.500. The van der Waals surface area contributed by atoms with Gasteiger partial charge in [0, 0.05) is 16.6 Å². The van der Waals surface area contributed by atoms with Crippen molar-refractivity contribution in [1.29, 1.82) is 0 Å². The summed E-state index contributed by atoms with van der Waals surface area (Å²) in [6.07, 6.45) is 6.52. The highest BCUT2D eigenvalue weighted by atomic mass is 32.2. The minimum absolute atomic E-state index is 0.0790. The molecule has 98 valence electrons. The van der Waals surface area contributed by atoms with E-state index in [0.717, 1.165) is 5.69 Å². The molecule has 0 saturated heterocycles. The molecule has 3 N–H and O–H groups in total. The lowest BCUT2D eigenvalue weighted by Crippen LogP contribution is -2.17. The Kier molecular flexibility index (Phi) is 4.93. The van der Waals surface area contributed by atoms with Gasteiger partial charge < -0.3 is 11.1 Å². The van der Waals surface area contributed by atoms with Crippen molar-refractivity contribution in [2.24, 2.45) is 0 Å². The Morgan fingerprint density at radius 3 is 2.56 bits per heavy atom. The van der Waals surface area contributed by atoms with Crippen molar-refractivity contribution >= 4 is 29.0 Å². The minimum Gasteiger partial charge on any atom is -0.399 e. The van der Waals surface area contributed by atoms with Gasteiger partial charge in [-0.1, -0.05) is 19.3 Å². The highest BCUT2D eigenvalue weighted by molar-refractivity contribution is 8.00. The number of benzene rings is 1. The predicted octanol–water partition coefficient (Wildman–Crippen LogP) is 3.27. The summed E-state index contributed by atoms with van der Waals surface area (Å²) in [4.78, 5) is 11.8. The molecule has 1 aromatic rings. The van der Waals surface area contributed by atoms with E-state index < -0.39 is 0 Å². The van der Waals surface area contributed by atoms with Gasteiger partial charge in [0.25, 0.3) is 0 Å². The lowest BCUT2D eigenvalue weighted by molar-refractivity contribution is -0.113. The molecule has 2 rings (SSSR count). The van der Waals surface area contributed by atoms with Gasteiger partial charge in [0.15, 0.2) is 0 Å². The van der Waals surface area contributed by atoms with E-state index in [9.17, 15) is 4.79 Å². The van der Waals surface area contributed by atoms with E-state index in [1.165, 1.54) is 32.1 Å². The predicted molar refractivity (Wildman–Crippen MR) is 78.8 cm³/mol. The van der Waals surface area contributed by atoms with E-state index in [4.69, 9.17) is 5.73 Å². The SMILES string of the molecule is Nc1ccc(NC(=O)CSC2CCCCC2)cc1. The number of amides is 1. The first-order valence-corrected chi connectivity index (χ1v) is 7.56. The van der Waals surface area contributed by atoms with Gasteiger partial charge in [0.2, 0.25) is 5.91 Å². The molecule has 0 spiro atoms. The monoisotopic (exact) mass is 264 g/mol. The standard InChI is InChI=1S/C14H20N2OS/c15-11-6-8-12(9-7-11)16-14(17)10-18-13-4-2-1-3-5-13/h6-9,13H,1-5,10,15H2,(H,16,17). The Morgan fingerprint density at radius 1 is 1.22 bits per heavy atom. The van der Waals surface area contributed by atoms with Crippen molar-refractivity contribution in [3.8, 4) is 0 Å². The third-order valence-corrected chi connectivity index (χ3v) is 4.57. The van der Waals surface area contributed by atoms with E-state index >= 15 is 0 Å². The van der Waals surface area contributed by atoms with Crippen molar-refractivity contribution in [1.82, 2.24) is 0 Å². The Hall–Kier alpha value is -1.16. The molecule has 0 bridgehead atoms. The molecule has 1 aromatic carbocycles. The fourth-order valence-electron chi connectivity index (χ4n) is 2.19. The summed E-state index contributed by atoms with van der Waals surface area (Å²) in [5.41, 5.74) is 7.13. The summed E-state index contributed by atoms with van der Waals surface area (Å²) in [6, 6.07) is 7.25. The van der Waals surface area contributed by atoms with E-state index in [1.807, 2.05) is 12.1 Å². The van der Waals surface area contributed by atoms with Crippen molar-refractivity contribution in [3.05, 3.63) is 24.3 Å². The third kappa shape index (κ3) is 4.26. The molecular formula is C14H20N2OS. The van der Waals surface area contributed by atoms with Gasteiger partial charge in [-0.15, -0.1) is 11.8 Å². The van der Waals surface area contributed by atoms with Gasteiger partial charge in [-0.25, -0.2) is 0 Å². The molecule has 0 heterocycles. The number of nitrogen functional groups attached to an aromatic ring is 1. The smallest absolute Gasteiger partial charge is 0.234 e. The largest absolute Gasteiger partial charge is 0.399 e. The summed E-state index contributed by atoms with van der Waals surface area (Å²) in [7, 11) is 0. The van der Waals surface area contributed by atoms with Crippen LogP contribution in [0.25, 0.3) is 0 Å². The summed E-state index contributed by atoms with van der Waals surface area (Å²) in [5, 5.41) is 3.57. The van der Waals surface area contributed by atoms with Crippen molar-refractivity contribution < 1.29 is 4.79 Å². The van der Waals surface area contributed by atoms with E-state index in [1.54, 1.807) is 23.9 Å². The number of rotatable bonds is 4. The van der Waals surface area contributed by atoms with Crippen LogP contribution in [0.15, 0.2) is 24.3 Å². The maximum Gasteiger partial charge on any atom is 0.234 e. The fourth-order valence-corrected chi connectivity index (χ4v) is 3.31. The van der Waals surface area contributed by atoms with Gasteiger partial charge in [0.1, 0.15) is 0 Å². The first-order valence-electron chi connectivity index (χ1n) is 6.51.